The predicted molar refractivity (Wildman–Crippen MR) is 166 cm³/mol. The molecule has 0 heterocycles. The molecule has 0 fully saturated rings. The minimum absolute atomic E-state index is 0.135. The van der Waals surface area contributed by atoms with Crippen LogP contribution in [0.5, 0.6) is 0 Å². The van der Waals surface area contributed by atoms with Gasteiger partial charge in [0.25, 0.3) is 11.8 Å². The van der Waals surface area contributed by atoms with Crippen molar-refractivity contribution in [3.05, 3.63) is 0 Å². The molecule has 7 nitrogen and oxygen atoms in total. The van der Waals surface area contributed by atoms with E-state index in [9.17, 15) is 9.59 Å². The zero-order valence-electron chi connectivity index (χ0n) is 27.1. The zero-order valence-corrected chi connectivity index (χ0v) is 27.1. The monoisotopic (exact) mass is 557 g/mol. The van der Waals surface area contributed by atoms with Gasteiger partial charge in [0.15, 0.2) is 13.1 Å². The Balaban J connectivity index is 4.54. The van der Waals surface area contributed by atoms with Gasteiger partial charge in [0.2, 0.25) is 0 Å². The molecule has 0 saturated carbocycles. The summed E-state index contributed by atoms with van der Waals surface area (Å²) in [5, 5.41) is 6.17. The summed E-state index contributed by atoms with van der Waals surface area (Å²) in [4.78, 5) is 25.7. The molecule has 0 spiro atoms. The summed E-state index contributed by atoms with van der Waals surface area (Å²) in [5.74, 6) is 0.270. The Bertz CT molecular complexity index is 506. The van der Waals surface area contributed by atoms with E-state index >= 15 is 0 Å². The van der Waals surface area contributed by atoms with Gasteiger partial charge in [-0.25, -0.2) is 0 Å². The topological polar surface area (TPSA) is 67.4 Å². The predicted octanol–water partition coefficient (Wildman–Crippen LogP) is 5.67. The minimum atomic E-state index is 0.135. The first-order valence-corrected chi connectivity index (χ1v) is 16.7. The number of ether oxygens (including phenoxy) is 1. The van der Waals surface area contributed by atoms with Crippen LogP contribution >= 0.6 is 0 Å². The Morgan fingerprint density at radius 2 is 0.744 bits per heavy atom. The van der Waals surface area contributed by atoms with Crippen LogP contribution in [0.4, 0.5) is 0 Å². The third-order valence-electron chi connectivity index (χ3n) is 8.01. The highest BCUT2D eigenvalue weighted by molar-refractivity contribution is 5.77. The summed E-state index contributed by atoms with van der Waals surface area (Å²) in [6.45, 7) is 23.1. The van der Waals surface area contributed by atoms with Gasteiger partial charge >= 0.3 is 0 Å². The highest BCUT2D eigenvalue weighted by Gasteiger charge is 2.30. The van der Waals surface area contributed by atoms with Gasteiger partial charge in [-0.2, -0.15) is 0 Å². The van der Waals surface area contributed by atoms with Gasteiger partial charge in [-0.1, -0.05) is 80.1 Å². The Kier molecular flexibility index (Phi) is 23.9. The summed E-state index contributed by atoms with van der Waals surface area (Å²) in [6.07, 6.45) is 14.0. The highest BCUT2D eigenvalue weighted by atomic mass is 16.5. The van der Waals surface area contributed by atoms with Crippen LogP contribution in [0, 0.1) is 0 Å². The summed E-state index contributed by atoms with van der Waals surface area (Å²) in [7, 11) is 0. The second-order valence-corrected chi connectivity index (χ2v) is 11.8. The molecular weight excluding hydrogens is 488 g/mol. The van der Waals surface area contributed by atoms with Crippen molar-refractivity contribution in [1.82, 2.24) is 10.6 Å². The van der Waals surface area contributed by atoms with Crippen LogP contribution < -0.4 is 10.6 Å². The van der Waals surface area contributed by atoms with Gasteiger partial charge < -0.3 is 24.3 Å². The lowest BCUT2D eigenvalue weighted by Gasteiger charge is -2.38. The van der Waals surface area contributed by atoms with E-state index in [2.05, 4.69) is 52.2 Å². The summed E-state index contributed by atoms with van der Waals surface area (Å²) < 4.78 is 7.58. The molecule has 0 saturated heterocycles. The molecule has 232 valence electrons. The van der Waals surface area contributed by atoms with E-state index in [1.165, 1.54) is 77.0 Å². The number of carbonyl (C=O) groups is 2. The maximum Gasteiger partial charge on any atom is 0.275 e. The molecule has 2 amide bonds. The fraction of sp³-hybridized carbons (Fsp3) is 0.938. The van der Waals surface area contributed by atoms with Gasteiger partial charge in [-0.05, 0) is 38.5 Å². The zero-order chi connectivity index (χ0) is 29.2. The van der Waals surface area contributed by atoms with Crippen molar-refractivity contribution in [2.45, 2.75) is 119 Å². The molecule has 7 heteroatoms. The van der Waals surface area contributed by atoms with Crippen LogP contribution in [0.15, 0.2) is 0 Å². The third-order valence-corrected chi connectivity index (χ3v) is 8.01. The molecule has 2 N–H and O–H groups in total. The van der Waals surface area contributed by atoms with Crippen LogP contribution in [-0.4, -0.2) is 99.4 Å². The van der Waals surface area contributed by atoms with Crippen LogP contribution in [0.3, 0.4) is 0 Å². The molecule has 0 aliphatic heterocycles. The van der Waals surface area contributed by atoms with Crippen LogP contribution in [0.25, 0.3) is 0 Å². The Morgan fingerprint density at radius 1 is 0.487 bits per heavy atom. The lowest BCUT2D eigenvalue weighted by molar-refractivity contribution is -0.921. The van der Waals surface area contributed by atoms with Crippen molar-refractivity contribution in [3.8, 4) is 0 Å². The van der Waals surface area contributed by atoms with Crippen molar-refractivity contribution >= 4 is 11.8 Å². The van der Waals surface area contributed by atoms with E-state index in [1.54, 1.807) is 0 Å². The van der Waals surface area contributed by atoms with Gasteiger partial charge in [-0.15, -0.1) is 0 Å². The second kappa shape index (κ2) is 24.6. The van der Waals surface area contributed by atoms with Gasteiger partial charge in [0, 0.05) is 13.1 Å². The van der Waals surface area contributed by atoms with Gasteiger partial charge in [0.05, 0.1) is 52.5 Å². The molecule has 0 aromatic heterocycles. The standard InChI is InChI=1S/C32H66N4O3/c1-7-13-21-35(22-14-8-2,23-15-9-3)29-31(37)33-19-27-39-28-20-34-32(38)30-36(24-16-10-4,25-17-11-5)26-18-12-6/h7-30H2,1-6H3/p+2. The van der Waals surface area contributed by atoms with Crippen molar-refractivity contribution in [1.29, 1.82) is 0 Å². The van der Waals surface area contributed by atoms with Crippen molar-refractivity contribution in [2.24, 2.45) is 0 Å². The Labute approximate surface area is 243 Å². The number of amides is 2. The van der Waals surface area contributed by atoms with Crippen LogP contribution in [-0.2, 0) is 14.3 Å². The van der Waals surface area contributed by atoms with E-state index < -0.39 is 0 Å². The average molecular weight is 557 g/mol. The Hall–Kier alpha value is -1.18. The average Bonchev–Trinajstić information content (AvgIpc) is 2.93. The molecule has 0 aliphatic rings. The van der Waals surface area contributed by atoms with E-state index in [-0.39, 0.29) is 11.8 Å². The number of hydrogen-bond donors (Lipinski definition) is 2. The fourth-order valence-electron chi connectivity index (χ4n) is 5.45. The fourth-order valence-corrected chi connectivity index (χ4v) is 5.45. The number of carbonyl (C=O) groups excluding carboxylic acids is 2. The van der Waals surface area contributed by atoms with Crippen molar-refractivity contribution in [2.75, 3.05) is 78.7 Å². The van der Waals surface area contributed by atoms with E-state index in [4.69, 9.17) is 4.74 Å². The number of hydrogen-bond acceptors (Lipinski definition) is 3. The molecule has 0 aromatic rings. The first-order valence-electron chi connectivity index (χ1n) is 16.7. The normalized spacial score (nSPS) is 12.1. The molecule has 0 aromatic carbocycles. The Morgan fingerprint density at radius 3 is 0.974 bits per heavy atom. The lowest BCUT2D eigenvalue weighted by Crippen LogP contribution is -2.55. The maximum absolute atomic E-state index is 12.8. The number of rotatable bonds is 28. The molecule has 0 aliphatic carbocycles. The molecule has 0 unspecified atom stereocenters. The van der Waals surface area contributed by atoms with E-state index in [0.29, 0.717) is 39.4 Å². The minimum Gasteiger partial charge on any atom is -0.378 e. The second-order valence-electron chi connectivity index (χ2n) is 11.8. The van der Waals surface area contributed by atoms with Crippen molar-refractivity contribution in [3.63, 3.8) is 0 Å². The first-order chi connectivity index (χ1) is 18.9. The van der Waals surface area contributed by atoms with Gasteiger partial charge in [-0.3, -0.25) is 9.59 Å². The van der Waals surface area contributed by atoms with Crippen LogP contribution in [0.2, 0.25) is 0 Å². The number of nitrogens with one attached hydrogen (secondary N) is 2. The quantitative estimate of drug-likeness (QED) is 0.0964. The maximum atomic E-state index is 12.8. The SMILES string of the molecule is CCCC[N+](CCCC)(CCCC)CC(=O)NCCOCCNC(=O)C[N+](CCCC)(CCCC)CCCC. The smallest absolute Gasteiger partial charge is 0.275 e. The summed E-state index contributed by atoms with van der Waals surface area (Å²) in [5.41, 5.74) is 0. The largest absolute Gasteiger partial charge is 0.378 e. The molecule has 0 bridgehead atoms. The van der Waals surface area contributed by atoms with E-state index in [0.717, 1.165) is 48.2 Å². The molecule has 0 atom stereocenters. The molecule has 0 rings (SSSR count). The number of nitrogens with zero attached hydrogens (tertiary/aromatic N) is 2. The third kappa shape index (κ3) is 18.7. The van der Waals surface area contributed by atoms with Gasteiger partial charge in [0.1, 0.15) is 0 Å². The molecule has 0 radical (unpaired) electrons. The van der Waals surface area contributed by atoms with Crippen LogP contribution in [0.1, 0.15) is 119 Å². The van der Waals surface area contributed by atoms with Crippen molar-refractivity contribution < 1.29 is 23.3 Å². The molecular formula is C32H68N4O3+2. The molecule has 39 heavy (non-hydrogen) atoms. The first kappa shape index (κ1) is 37.8. The number of unbranched alkanes of at least 4 members (excludes halogenated alkanes) is 6. The lowest BCUT2D eigenvalue weighted by atomic mass is 10.1. The highest BCUT2D eigenvalue weighted by Crippen LogP contribution is 2.16. The summed E-state index contributed by atoms with van der Waals surface area (Å²) >= 11 is 0. The summed E-state index contributed by atoms with van der Waals surface area (Å²) in [6, 6.07) is 0. The number of quaternary nitrogens is 2. The van der Waals surface area contributed by atoms with E-state index in [1.807, 2.05) is 0 Å².